The second kappa shape index (κ2) is 5.50. The minimum absolute atomic E-state index is 0.721. The number of pyridine rings is 1. The monoisotopic (exact) mass is 233 g/mol. The summed E-state index contributed by atoms with van der Waals surface area (Å²) in [6.45, 7) is 11.2. The molecular formula is C14H23N3. The van der Waals surface area contributed by atoms with Crippen LogP contribution >= 0.6 is 0 Å². The number of nitrogens with zero attached hydrogens (tertiary/aromatic N) is 3. The minimum atomic E-state index is 0.721. The highest BCUT2D eigenvalue weighted by atomic mass is 15.2. The Morgan fingerprint density at radius 3 is 2.82 bits per heavy atom. The van der Waals surface area contributed by atoms with Crippen molar-refractivity contribution in [3.8, 4) is 0 Å². The van der Waals surface area contributed by atoms with Crippen molar-refractivity contribution in [2.75, 3.05) is 31.1 Å². The van der Waals surface area contributed by atoms with Gasteiger partial charge in [-0.3, -0.25) is 9.88 Å². The van der Waals surface area contributed by atoms with Crippen molar-refractivity contribution < 1.29 is 0 Å². The molecule has 94 valence electrons. The van der Waals surface area contributed by atoms with Crippen LogP contribution in [-0.2, 0) is 0 Å². The fourth-order valence-electron chi connectivity index (χ4n) is 2.74. The Hall–Kier alpha value is -1.09. The number of anilines is 1. The fourth-order valence-corrected chi connectivity index (χ4v) is 2.74. The summed E-state index contributed by atoms with van der Waals surface area (Å²) >= 11 is 0. The Balaban J connectivity index is 2.02. The largest absolute Gasteiger partial charge is 0.370 e. The summed E-state index contributed by atoms with van der Waals surface area (Å²) in [5.41, 5.74) is 2.43. The summed E-state index contributed by atoms with van der Waals surface area (Å²) in [5, 5.41) is 0. The lowest BCUT2D eigenvalue weighted by molar-refractivity contribution is 0.232. The van der Waals surface area contributed by atoms with Gasteiger partial charge in [0, 0.05) is 36.7 Å². The lowest BCUT2D eigenvalue weighted by Gasteiger charge is -2.26. The number of rotatable bonds is 4. The molecule has 2 heterocycles. The smallest absolute Gasteiger partial charge is 0.0400 e. The molecule has 3 nitrogen and oxygen atoms in total. The second-order valence-corrected chi connectivity index (χ2v) is 4.77. The summed E-state index contributed by atoms with van der Waals surface area (Å²) in [7, 11) is 0. The van der Waals surface area contributed by atoms with Gasteiger partial charge in [-0.15, -0.1) is 0 Å². The van der Waals surface area contributed by atoms with Gasteiger partial charge < -0.3 is 4.90 Å². The molecule has 1 aromatic rings. The van der Waals surface area contributed by atoms with Crippen LogP contribution in [0.1, 0.15) is 26.0 Å². The van der Waals surface area contributed by atoms with Crippen LogP contribution in [0.3, 0.4) is 0 Å². The van der Waals surface area contributed by atoms with Gasteiger partial charge in [-0.2, -0.15) is 0 Å². The molecule has 1 atom stereocenters. The molecule has 0 aromatic carbocycles. The van der Waals surface area contributed by atoms with Crippen LogP contribution in [0.5, 0.6) is 0 Å². The number of likely N-dealkylation sites (N-methyl/N-ethyl adjacent to an activating group) is 1. The third-order valence-corrected chi connectivity index (χ3v) is 3.74. The molecule has 0 radical (unpaired) electrons. The molecule has 2 rings (SSSR count). The lowest BCUT2D eigenvalue weighted by atomic mass is 10.2. The first-order valence-corrected chi connectivity index (χ1v) is 6.66. The molecule has 0 N–H and O–H groups in total. The van der Waals surface area contributed by atoms with Crippen LogP contribution in [0.2, 0.25) is 0 Å². The molecule has 0 bridgehead atoms. The highest BCUT2D eigenvalue weighted by Crippen LogP contribution is 2.22. The van der Waals surface area contributed by atoms with Crippen molar-refractivity contribution in [1.82, 2.24) is 9.88 Å². The summed E-state index contributed by atoms with van der Waals surface area (Å²) in [6.07, 6.45) is 3.19. The van der Waals surface area contributed by atoms with Crippen molar-refractivity contribution in [3.63, 3.8) is 0 Å². The van der Waals surface area contributed by atoms with Crippen LogP contribution < -0.4 is 4.90 Å². The van der Waals surface area contributed by atoms with Crippen LogP contribution in [0.4, 0.5) is 5.69 Å². The predicted octanol–water partition coefficient (Wildman–Crippen LogP) is 2.31. The molecule has 0 spiro atoms. The van der Waals surface area contributed by atoms with Gasteiger partial charge in [0.1, 0.15) is 0 Å². The maximum Gasteiger partial charge on any atom is 0.0400 e. The first kappa shape index (κ1) is 12.4. The second-order valence-electron chi connectivity index (χ2n) is 4.77. The molecular weight excluding hydrogens is 210 g/mol. The van der Waals surface area contributed by atoms with Crippen LogP contribution in [0.25, 0.3) is 0 Å². The zero-order valence-electron chi connectivity index (χ0n) is 11.2. The molecule has 1 aliphatic heterocycles. The van der Waals surface area contributed by atoms with E-state index in [4.69, 9.17) is 0 Å². The summed E-state index contributed by atoms with van der Waals surface area (Å²) in [5.74, 6) is 0. The summed E-state index contributed by atoms with van der Waals surface area (Å²) < 4.78 is 0. The third-order valence-electron chi connectivity index (χ3n) is 3.74. The predicted molar refractivity (Wildman–Crippen MR) is 72.5 cm³/mol. The quantitative estimate of drug-likeness (QED) is 0.795. The fraction of sp³-hybridized carbons (Fsp3) is 0.643. The highest BCUT2D eigenvalue weighted by Gasteiger charge is 2.26. The van der Waals surface area contributed by atoms with Gasteiger partial charge in [0.2, 0.25) is 0 Å². The Kier molecular flexibility index (Phi) is 4.00. The maximum absolute atomic E-state index is 4.26. The van der Waals surface area contributed by atoms with E-state index in [0.29, 0.717) is 0 Å². The Morgan fingerprint density at radius 2 is 2.18 bits per heavy atom. The SMILES string of the molecule is CCN(CC)C1CCN(c2ccnc(C)c2)C1. The van der Waals surface area contributed by atoms with Gasteiger partial charge in [0.15, 0.2) is 0 Å². The normalized spacial score (nSPS) is 20.2. The standard InChI is InChI=1S/C14H23N3/c1-4-16(5-2)14-7-9-17(11-14)13-6-8-15-12(3)10-13/h6,8,10,14H,4-5,7,9,11H2,1-3H3. The van der Waals surface area contributed by atoms with Crippen molar-refractivity contribution in [2.45, 2.75) is 33.2 Å². The molecule has 1 unspecified atom stereocenters. The van der Waals surface area contributed by atoms with E-state index >= 15 is 0 Å². The first-order chi connectivity index (χ1) is 8.24. The number of hydrogen-bond acceptors (Lipinski definition) is 3. The average Bonchev–Trinajstić information content (AvgIpc) is 2.80. The lowest BCUT2D eigenvalue weighted by Crippen LogP contribution is -2.37. The molecule has 1 fully saturated rings. The summed E-state index contributed by atoms with van der Waals surface area (Å²) in [4.78, 5) is 9.31. The van der Waals surface area contributed by atoms with Gasteiger partial charge in [-0.25, -0.2) is 0 Å². The van der Waals surface area contributed by atoms with E-state index in [0.717, 1.165) is 31.4 Å². The molecule has 0 saturated carbocycles. The minimum Gasteiger partial charge on any atom is -0.370 e. The van der Waals surface area contributed by atoms with Crippen molar-refractivity contribution in [1.29, 1.82) is 0 Å². The average molecular weight is 233 g/mol. The maximum atomic E-state index is 4.26. The van der Waals surface area contributed by atoms with Gasteiger partial charge in [0.05, 0.1) is 0 Å². The van der Waals surface area contributed by atoms with E-state index in [9.17, 15) is 0 Å². The first-order valence-electron chi connectivity index (χ1n) is 6.66. The molecule has 1 aromatic heterocycles. The van der Waals surface area contributed by atoms with Crippen LogP contribution in [0.15, 0.2) is 18.3 Å². The Bertz CT molecular complexity index is 360. The molecule has 17 heavy (non-hydrogen) atoms. The van der Waals surface area contributed by atoms with Crippen molar-refractivity contribution >= 4 is 5.69 Å². The van der Waals surface area contributed by atoms with Crippen molar-refractivity contribution in [2.24, 2.45) is 0 Å². The topological polar surface area (TPSA) is 19.4 Å². The summed E-state index contributed by atoms with van der Waals surface area (Å²) in [6, 6.07) is 5.03. The van der Waals surface area contributed by atoms with Gasteiger partial charge in [-0.1, -0.05) is 13.8 Å². The van der Waals surface area contributed by atoms with Gasteiger partial charge >= 0.3 is 0 Å². The Labute approximate surface area is 104 Å². The molecule has 3 heteroatoms. The van der Waals surface area contributed by atoms with Crippen molar-refractivity contribution in [3.05, 3.63) is 24.0 Å². The molecule has 1 aliphatic rings. The van der Waals surface area contributed by atoms with Crippen LogP contribution in [0, 0.1) is 6.92 Å². The number of aromatic nitrogens is 1. The van der Waals surface area contributed by atoms with E-state index in [1.807, 2.05) is 6.20 Å². The molecule has 1 saturated heterocycles. The van der Waals surface area contributed by atoms with E-state index in [-0.39, 0.29) is 0 Å². The van der Waals surface area contributed by atoms with E-state index < -0.39 is 0 Å². The molecule has 0 aliphatic carbocycles. The molecule has 0 amide bonds. The van der Waals surface area contributed by atoms with Gasteiger partial charge in [-0.05, 0) is 38.6 Å². The zero-order chi connectivity index (χ0) is 12.3. The number of hydrogen-bond donors (Lipinski definition) is 0. The van der Waals surface area contributed by atoms with Gasteiger partial charge in [0.25, 0.3) is 0 Å². The van der Waals surface area contributed by atoms with E-state index in [1.54, 1.807) is 0 Å². The van der Waals surface area contributed by atoms with E-state index in [1.165, 1.54) is 18.7 Å². The Morgan fingerprint density at radius 1 is 1.41 bits per heavy atom. The number of aryl methyl sites for hydroxylation is 1. The zero-order valence-corrected chi connectivity index (χ0v) is 11.2. The van der Waals surface area contributed by atoms with Crippen LogP contribution in [-0.4, -0.2) is 42.1 Å². The van der Waals surface area contributed by atoms with E-state index in [2.05, 4.69) is 47.7 Å². The highest BCUT2D eigenvalue weighted by molar-refractivity contribution is 5.47. The third kappa shape index (κ3) is 2.78.